The molecular weight excluding hydrogens is 202 g/mol. The van der Waals surface area contributed by atoms with E-state index >= 15 is 0 Å². The highest BCUT2D eigenvalue weighted by atomic mass is 16.3. The summed E-state index contributed by atoms with van der Waals surface area (Å²) in [5.74, 6) is 1.54. The Hall–Kier alpha value is -0.870. The lowest BCUT2D eigenvalue weighted by Gasteiger charge is -2.21. The van der Waals surface area contributed by atoms with Crippen molar-refractivity contribution in [2.24, 2.45) is 5.73 Å². The summed E-state index contributed by atoms with van der Waals surface area (Å²) < 4.78 is 2.15. The predicted octanol–water partition coefficient (Wildman–Crippen LogP) is 1.50. The van der Waals surface area contributed by atoms with Crippen LogP contribution in [-0.4, -0.2) is 26.8 Å². The zero-order chi connectivity index (χ0) is 12.2. The summed E-state index contributed by atoms with van der Waals surface area (Å²) in [6.07, 6.45) is 5.46. The van der Waals surface area contributed by atoms with Crippen LogP contribution in [0.25, 0.3) is 0 Å². The number of rotatable bonds is 6. The van der Waals surface area contributed by atoms with E-state index in [0.717, 1.165) is 25.2 Å². The van der Waals surface area contributed by atoms with Crippen LogP contribution in [0.3, 0.4) is 0 Å². The van der Waals surface area contributed by atoms with Crippen molar-refractivity contribution in [2.75, 3.05) is 6.54 Å². The highest BCUT2D eigenvalue weighted by Crippen LogP contribution is 2.15. The molecule has 1 heterocycles. The molecule has 92 valence electrons. The van der Waals surface area contributed by atoms with Crippen LogP contribution in [-0.2, 0) is 6.54 Å². The van der Waals surface area contributed by atoms with E-state index in [1.807, 2.05) is 12.4 Å². The Balaban J connectivity index is 2.46. The lowest BCUT2D eigenvalue weighted by atomic mass is 10.0. The van der Waals surface area contributed by atoms with Crippen molar-refractivity contribution >= 4 is 0 Å². The second-order valence-electron chi connectivity index (χ2n) is 4.94. The van der Waals surface area contributed by atoms with E-state index in [4.69, 9.17) is 5.73 Å². The van der Waals surface area contributed by atoms with Gasteiger partial charge < -0.3 is 15.4 Å². The van der Waals surface area contributed by atoms with E-state index in [9.17, 15) is 5.11 Å². The molecule has 0 amide bonds. The third-order valence-electron chi connectivity index (χ3n) is 2.82. The SMILES string of the molecule is CC(C)c1nccn1CCCC(C)(O)CN. The number of aliphatic hydroxyl groups is 1. The summed E-state index contributed by atoms with van der Waals surface area (Å²) in [5.41, 5.74) is 4.74. The second-order valence-corrected chi connectivity index (χ2v) is 4.94. The summed E-state index contributed by atoms with van der Waals surface area (Å²) in [6.45, 7) is 7.26. The van der Waals surface area contributed by atoms with Crippen molar-refractivity contribution < 1.29 is 5.11 Å². The van der Waals surface area contributed by atoms with Crippen LogP contribution in [0.2, 0.25) is 0 Å². The molecule has 3 N–H and O–H groups in total. The number of hydrogen-bond acceptors (Lipinski definition) is 3. The van der Waals surface area contributed by atoms with Gasteiger partial charge in [-0.2, -0.15) is 0 Å². The minimum Gasteiger partial charge on any atom is -0.389 e. The number of hydrogen-bond donors (Lipinski definition) is 2. The molecule has 0 spiro atoms. The molecule has 0 aliphatic carbocycles. The van der Waals surface area contributed by atoms with Gasteiger partial charge in [-0.15, -0.1) is 0 Å². The molecule has 4 heteroatoms. The normalized spacial score (nSPS) is 15.4. The molecule has 1 aromatic heterocycles. The number of nitrogens with zero attached hydrogens (tertiary/aromatic N) is 2. The average molecular weight is 225 g/mol. The monoisotopic (exact) mass is 225 g/mol. The molecule has 0 radical (unpaired) electrons. The molecule has 0 aliphatic rings. The minimum absolute atomic E-state index is 0.313. The van der Waals surface area contributed by atoms with Crippen molar-refractivity contribution in [2.45, 2.75) is 51.7 Å². The van der Waals surface area contributed by atoms with Gasteiger partial charge in [-0.25, -0.2) is 4.98 Å². The van der Waals surface area contributed by atoms with Crippen LogP contribution in [0, 0.1) is 0 Å². The summed E-state index contributed by atoms with van der Waals surface area (Å²) in [7, 11) is 0. The van der Waals surface area contributed by atoms with E-state index in [-0.39, 0.29) is 0 Å². The van der Waals surface area contributed by atoms with Gasteiger partial charge in [0.1, 0.15) is 5.82 Å². The maximum absolute atomic E-state index is 9.78. The molecule has 1 unspecified atom stereocenters. The summed E-state index contributed by atoms with van der Waals surface area (Å²) >= 11 is 0. The fourth-order valence-corrected chi connectivity index (χ4v) is 1.74. The lowest BCUT2D eigenvalue weighted by Crippen LogP contribution is -2.34. The molecule has 0 bridgehead atoms. The van der Waals surface area contributed by atoms with E-state index < -0.39 is 5.60 Å². The highest BCUT2D eigenvalue weighted by molar-refractivity contribution is 4.97. The number of nitrogens with two attached hydrogens (primary N) is 1. The number of aromatic nitrogens is 2. The average Bonchev–Trinajstić information content (AvgIpc) is 2.66. The minimum atomic E-state index is -0.738. The first-order valence-electron chi connectivity index (χ1n) is 5.90. The second kappa shape index (κ2) is 5.46. The van der Waals surface area contributed by atoms with Crippen LogP contribution in [0.4, 0.5) is 0 Å². The molecule has 4 nitrogen and oxygen atoms in total. The Labute approximate surface area is 97.5 Å². The van der Waals surface area contributed by atoms with Crippen LogP contribution >= 0.6 is 0 Å². The number of aryl methyl sites for hydroxylation is 1. The third kappa shape index (κ3) is 3.61. The van der Waals surface area contributed by atoms with E-state index in [1.165, 1.54) is 0 Å². The van der Waals surface area contributed by atoms with Crippen LogP contribution in [0.5, 0.6) is 0 Å². The van der Waals surface area contributed by atoms with Gasteiger partial charge in [0.15, 0.2) is 0 Å². The first-order chi connectivity index (χ1) is 7.46. The van der Waals surface area contributed by atoms with Gasteiger partial charge in [-0.3, -0.25) is 0 Å². The Bertz CT molecular complexity index is 318. The summed E-state index contributed by atoms with van der Waals surface area (Å²) in [5, 5.41) is 9.78. The van der Waals surface area contributed by atoms with Gasteiger partial charge in [0.2, 0.25) is 0 Å². The molecule has 0 saturated heterocycles. The molecule has 1 aromatic rings. The molecule has 16 heavy (non-hydrogen) atoms. The quantitative estimate of drug-likeness (QED) is 0.771. The first kappa shape index (κ1) is 13.2. The van der Waals surface area contributed by atoms with Gasteiger partial charge >= 0.3 is 0 Å². The zero-order valence-corrected chi connectivity index (χ0v) is 10.5. The van der Waals surface area contributed by atoms with Gasteiger partial charge in [0, 0.05) is 31.4 Å². The molecule has 1 atom stereocenters. The van der Waals surface area contributed by atoms with Crippen LogP contribution in [0.15, 0.2) is 12.4 Å². The standard InChI is InChI=1S/C12H23N3O/c1-10(2)11-14-6-8-15(11)7-4-5-12(3,16)9-13/h6,8,10,16H,4-5,7,9,13H2,1-3H3. The fourth-order valence-electron chi connectivity index (χ4n) is 1.74. The lowest BCUT2D eigenvalue weighted by molar-refractivity contribution is 0.0565. The van der Waals surface area contributed by atoms with Gasteiger partial charge in [0.25, 0.3) is 0 Å². The Morgan fingerprint density at radius 2 is 2.25 bits per heavy atom. The predicted molar refractivity (Wildman–Crippen MR) is 65.2 cm³/mol. The topological polar surface area (TPSA) is 64.1 Å². The maximum Gasteiger partial charge on any atom is 0.111 e. The van der Waals surface area contributed by atoms with Crippen molar-refractivity contribution in [3.63, 3.8) is 0 Å². The van der Waals surface area contributed by atoms with E-state index in [2.05, 4.69) is 23.4 Å². The van der Waals surface area contributed by atoms with Crippen molar-refractivity contribution in [3.05, 3.63) is 18.2 Å². The molecule has 0 aromatic carbocycles. The van der Waals surface area contributed by atoms with Crippen molar-refractivity contribution in [3.8, 4) is 0 Å². The van der Waals surface area contributed by atoms with Crippen molar-refractivity contribution in [1.82, 2.24) is 9.55 Å². The van der Waals surface area contributed by atoms with Crippen LogP contribution < -0.4 is 5.73 Å². The first-order valence-corrected chi connectivity index (χ1v) is 5.90. The summed E-state index contributed by atoms with van der Waals surface area (Å²) in [6, 6.07) is 0. The molecule has 0 aliphatic heterocycles. The zero-order valence-electron chi connectivity index (χ0n) is 10.5. The Morgan fingerprint density at radius 3 is 2.81 bits per heavy atom. The van der Waals surface area contributed by atoms with E-state index in [1.54, 1.807) is 6.92 Å². The van der Waals surface area contributed by atoms with Gasteiger partial charge in [-0.05, 0) is 19.8 Å². The maximum atomic E-state index is 9.78. The Morgan fingerprint density at radius 1 is 1.56 bits per heavy atom. The fraction of sp³-hybridized carbons (Fsp3) is 0.750. The molecule has 0 fully saturated rings. The van der Waals surface area contributed by atoms with Gasteiger partial charge in [0.05, 0.1) is 5.60 Å². The molecular formula is C12H23N3O. The van der Waals surface area contributed by atoms with Gasteiger partial charge in [-0.1, -0.05) is 13.8 Å². The summed E-state index contributed by atoms with van der Waals surface area (Å²) in [4.78, 5) is 4.33. The molecule has 1 rings (SSSR count). The molecule has 0 saturated carbocycles. The van der Waals surface area contributed by atoms with Crippen molar-refractivity contribution in [1.29, 1.82) is 0 Å². The highest BCUT2D eigenvalue weighted by Gasteiger charge is 2.17. The van der Waals surface area contributed by atoms with E-state index in [0.29, 0.717) is 12.5 Å². The third-order valence-corrected chi connectivity index (χ3v) is 2.82. The largest absolute Gasteiger partial charge is 0.389 e. The Kier molecular flexibility index (Phi) is 4.50. The smallest absolute Gasteiger partial charge is 0.111 e. The number of imidazole rings is 1. The van der Waals surface area contributed by atoms with Crippen LogP contribution in [0.1, 0.15) is 45.4 Å².